The Labute approximate surface area is 317 Å². The Balaban J connectivity index is 1.03. The van der Waals surface area contributed by atoms with Gasteiger partial charge in [0.1, 0.15) is 0 Å². The Morgan fingerprint density at radius 2 is 1.58 bits per heavy atom. The van der Waals surface area contributed by atoms with Gasteiger partial charge in [-0.05, 0) is 138 Å². The molecule has 0 spiro atoms. The van der Waals surface area contributed by atoms with E-state index in [-0.39, 0.29) is 56.1 Å². The lowest BCUT2D eigenvalue weighted by Gasteiger charge is -2.71. The van der Waals surface area contributed by atoms with Crippen LogP contribution in [0.1, 0.15) is 125 Å². The lowest BCUT2D eigenvalue weighted by Crippen LogP contribution is -2.64. The van der Waals surface area contributed by atoms with E-state index < -0.39 is 4.92 Å². The number of carbonyl (C=O) groups excluding carboxylic acids is 2. The molecule has 1 aliphatic heterocycles. The van der Waals surface area contributed by atoms with Crippen LogP contribution in [0.2, 0.25) is 0 Å². The molecule has 2 N–H and O–H groups in total. The minimum atomic E-state index is -0.443. The summed E-state index contributed by atoms with van der Waals surface area (Å²) < 4.78 is 0. The molecule has 53 heavy (non-hydrogen) atoms. The van der Waals surface area contributed by atoms with E-state index >= 15 is 0 Å². The van der Waals surface area contributed by atoms with Gasteiger partial charge in [0, 0.05) is 50.8 Å². The van der Waals surface area contributed by atoms with Gasteiger partial charge in [-0.3, -0.25) is 25.1 Å². The molecule has 7 rings (SSSR count). The summed E-state index contributed by atoms with van der Waals surface area (Å²) in [6.45, 7) is 19.7. The zero-order chi connectivity index (χ0) is 38.2. The third kappa shape index (κ3) is 6.39. The van der Waals surface area contributed by atoms with Crippen LogP contribution in [0.3, 0.4) is 0 Å². The molecule has 6 aliphatic rings. The fourth-order valence-corrected chi connectivity index (χ4v) is 13.2. The number of rotatable bonds is 6. The average molecular weight is 729 g/mol. The highest BCUT2D eigenvalue weighted by atomic mass is 16.6. The van der Waals surface area contributed by atoms with Crippen molar-refractivity contribution < 1.29 is 19.6 Å². The highest BCUT2D eigenvalue weighted by molar-refractivity contribution is 5.91. The van der Waals surface area contributed by atoms with Crippen molar-refractivity contribution in [3.05, 3.63) is 57.7 Å². The van der Waals surface area contributed by atoms with Crippen LogP contribution in [0.5, 0.6) is 0 Å². The zero-order valence-corrected chi connectivity index (χ0v) is 33.4. The van der Waals surface area contributed by atoms with Gasteiger partial charge >= 0.3 is 0 Å². The van der Waals surface area contributed by atoms with Crippen LogP contribution in [0.4, 0.5) is 5.69 Å². The van der Waals surface area contributed by atoms with Crippen molar-refractivity contribution in [3.8, 4) is 0 Å². The number of carbonyl (C=O) groups is 2. The molecule has 1 saturated heterocycles. The molecule has 4 saturated carbocycles. The first kappa shape index (κ1) is 38.2. The summed E-state index contributed by atoms with van der Waals surface area (Å²) in [6.07, 6.45) is 17.4. The number of fused-ring (bicyclic) bond motifs is 7. The monoisotopic (exact) mass is 728 g/mol. The number of nitrogens with zero attached hydrogens (tertiary/aromatic N) is 3. The summed E-state index contributed by atoms with van der Waals surface area (Å²) >= 11 is 0. The first-order valence-electron chi connectivity index (χ1n) is 20.5. The smallest absolute Gasteiger partial charge is 0.269 e. The predicted octanol–water partition coefficient (Wildman–Crippen LogP) is 8.34. The number of hydrogen-bond acceptors (Lipinski definition) is 6. The van der Waals surface area contributed by atoms with Crippen LogP contribution in [0.25, 0.3) is 6.08 Å². The number of piperazine rings is 1. The highest BCUT2D eigenvalue weighted by Crippen LogP contribution is 2.76. The van der Waals surface area contributed by atoms with Crippen molar-refractivity contribution in [1.82, 2.24) is 15.3 Å². The van der Waals surface area contributed by atoms with E-state index in [1.54, 1.807) is 23.8 Å². The first-order chi connectivity index (χ1) is 24.8. The molecule has 0 aromatic heterocycles. The number of aliphatic hydroxyl groups is 1. The van der Waals surface area contributed by atoms with Crippen LogP contribution in [0.15, 0.2) is 42.0 Å². The van der Waals surface area contributed by atoms with E-state index in [1.165, 1.54) is 31.1 Å². The van der Waals surface area contributed by atoms with E-state index in [2.05, 4.69) is 60.0 Å². The summed E-state index contributed by atoms with van der Waals surface area (Å²) in [4.78, 5) is 39.5. The van der Waals surface area contributed by atoms with E-state index in [1.807, 2.05) is 9.91 Å². The Hall–Kier alpha value is -3.04. The van der Waals surface area contributed by atoms with Crippen LogP contribution in [-0.4, -0.2) is 64.0 Å². The second kappa shape index (κ2) is 13.3. The summed E-state index contributed by atoms with van der Waals surface area (Å²) in [5.74, 6) is 1.57. The lowest BCUT2D eigenvalue weighted by atomic mass is 9.33. The van der Waals surface area contributed by atoms with Crippen molar-refractivity contribution in [3.63, 3.8) is 0 Å². The standard InChI is InChI=1S/C44H64N4O5/c1-39(2)20-22-44(29-38(51)46-24-26-47(27-25-46)45-37(50)15-10-30-8-11-31(12-9-30)48(52)53)23-21-42(6)32(33(44)28-39)13-14-35-41(5)18-17-36(49)40(3,4)34(41)16-19-43(35,42)7/h8-13,15,33-36,49H,14,16-29H2,1-7H3,(H,45,50)/b15-10+/t33-,34-,35+,36?,41-,42+,43+,44+/m0/s1. The van der Waals surface area contributed by atoms with Crippen molar-refractivity contribution in [1.29, 1.82) is 0 Å². The summed E-state index contributed by atoms with van der Waals surface area (Å²) in [5.41, 5.74) is 6.07. The Kier molecular flexibility index (Phi) is 9.61. The molecule has 9 heteroatoms. The minimum absolute atomic E-state index is 0.00675. The number of hydrogen-bond donors (Lipinski definition) is 2. The normalized spacial score (nSPS) is 39.2. The number of hydrazine groups is 1. The Bertz CT molecular complexity index is 1680. The van der Waals surface area contributed by atoms with Crippen LogP contribution in [0, 0.1) is 60.4 Å². The van der Waals surface area contributed by atoms with E-state index in [4.69, 9.17) is 0 Å². The second-order valence-corrected chi connectivity index (χ2v) is 20.2. The van der Waals surface area contributed by atoms with Gasteiger partial charge in [-0.15, -0.1) is 0 Å². The van der Waals surface area contributed by atoms with Crippen LogP contribution < -0.4 is 5.43 Å². The zero-order valence-electron chi connectivity index (χ0n) is 33.4. The number of amides is 2. The lowest BCUT2D eigenvalue weighted by molar-refractivity contribution is -0.384. The van der Waals surface area contributed by atoms with Gasteiger partial charge < -0.3 is 10.0 Å². The maximum absolute atomic E-state index is 14.3. The van der Waals surface area contributed by atoms with E-state index in [9.17, 15) is 24.8 Å². The van der Waals surface area contributed by atoms with Crippen LogP contribution >= 0.6 is 0 Å². The summed E-state index contributed by atoms with van der Waals surface area (Å²) in [6, 6.07) is 6.08. The molecule has 5 aliphatic carbocycles. The molecule has 2 amide bonds. The van der Waals surface area contributed by atoms with Gasteiger partial charge in [-0.2, -0.15) is 0 Å². The van der Waals surface area contributed by atoms with E-state index in [0.717, 1.165) is 51.4 Å². The van der Waals surface area contributed by atoms with Crippen LogP contribution in [-0.2, 0) is 9.59 Å². The largest absolute Gasteiger partial charge is 0.393 e. The van der Waals surface area contributed by atoms with Gasteiger partial charge in [0.05, 0.1) is 11.0 Å². The van der Waals surface area contributed by atoms with Crippen molar-refractivity contribution >= 4 is 23.6 Å². The molecular weight excluding hydrogens is 665 g/mol. The van der Waals surface area contributed by atoms with Gasteiger partial charge in [-0.1, -0.05) is 60.1 Å². The quantitative estimate of drug-likeness (QED) is 0.132. The third-order valence-corrected chi connectivity index (χ3v) is 16.7. The number of benzene rings is 1. The molecular formula is C44H64N4O5. The van der Waals surface area contributed by atoms with Gasteiger partial charge in [0.25, 0.3) is 11.6 Å². The third-order valence-electron chi connectivity index (χ3n) is 16.7. The van der Waals surface area contributed by atoms with Gasteiger partial charge in [0.15, 0.2) is 0 Å². The number of aliphatic hydroxyl groups excluding tert-OH is 1. The van der Waals surface area contributed by atoms with E-state index in [0.29, 0.717) is 55.9 Å². The number of nitro groups is 1. The second-order valence-electron chi connectivity index (χ2n) is 20.2. The maximum Gasteiger partial charge on any atom is 0.269 e. The molecule has 9 nitrogen and oxygen atoms in total. The van der Waals surface area contributed by atoms with Crippen molar-refractivity contribution in [2.45, 2.75) is 125 Å². The highest BCUT2D eigenvalue weighted by Gasteiger charge is 2.68. The maximum atomic E-state index is 14.3. The topological polar surface area (TPSA) is 116 Å². The molecule has 1 aromatic rings. The number of nitrogens with one attached hydrogen (secondary N) is 1. The number of nitro benzene ring substituents is 1. The molecule has 1 heterocycles. The Morgan fingerprint density at radius 1 is 0.906 bits per heavy atom. The molecule has 5 fully saturated rings. The van der Waals surface area contributed by atoms with Gasteiger partial charge in [-0.25, -0.2) is 5.01 Å². The molecule has 1 aromatic carbocycles. The molecule has 8 atom stereocenters. The number of non-ortho nitro benzene ring substituents is 1. The Morgan fingerprint density at radius 3 is 2.26 bits per heavy atom. The molecule has 0 bridgehead atoms. The molecule has 1 unspecified atom stereocenters. The fraction of sp³-hybridized carbons (Fsp3) is 0.727. The van der Waals surface area contributed by atoms with Gasteiger partial charge in [0.2, 0.25) is 5.91 Å². The summed E-state index contributed by atoms with van der Waals surface area (Å²) in [7, 11) is 0. The van der Waals surface area contributed by atoms with Crippen molar-refractivity contribution in [2.75, 3.05) is 26.2 Å². The fourth-order valence-electron chi connectivity index (χ4n) is 13.2. The predicted molar refractivity (Wildman–Crippen MR) is 208 cm³/mol. The minimum Gasteiger partial charge on any atom is -0.393 e. The first-order valence-corrected chi connectivity index (χ1v) is 20.5. The number of allylic oxidation sites excluding steroid dienone is 2. The SMILES string of the molecule is CC1(C)CC[C@]2(CC(=O)N3CCN(NC(=O)/C=C/c4ccc([N+](=O)[O-])cc4)CC3)CC[C@]3(C)C(=CC[C@@H]4[C@@]5(C)CCC(O)C(C)(C)[C@@H]5CC[C@]43C)[C@@H]2C1. The van der Waals surface area contributed by atoms with Crippen molar-refractivity contribution in [2.24, 2.45) is 50.2 Å². The summed E-state index contributed by atoms with van der Waals surface area (Å²) in [5, 5.41) is 23.9. The molecule has 290 valence electrons. The average Bonchev–Trinajstić information content (AvgIpc) is 3.10. The molecule has 0 radical (unpaired) electrons.